The lowest BCUT2D eigenvalue weighted by Crippen LogP contribution is -2.41. The molecule has 0 spiro atoms. The molecule has 1 N–H and O–H groups in total. The molecule has 0 aromatic carbocycles. The van der Waals surface area contributed by atoms with Crippen LogP contribution in [0.3, 0.4) is 0 Å². The second-order valence-corrected chi connectivity index (χ2v) is 12.1. The van der Waals surface area contributed by atoms with E-state index in [1.807, 2.05) is 11.8 Å². The monoisotopic (exact) mass is 480 g/mol. The summed E-state index contributed by atoms with van der Waals surface area (Å²) in [6, 6.07) is 0. The Kier molecular flexibility index (Phi) is 16.2. The molecule has 192 valence electrons. The first-order valence-electron chi connectivity index (χ1n) is 13.7. The van der Waals surface area contributed by atoms with E-state index in [2.05, 4.69) is 32.3 Å². The maximum Gasteiger partial charge on any atom is 0.303 e. The number of rotatable bonds is 19. The summed E-state index contributed by atoms with van der Waals surface area (Å²) in [7, 11) is 0. The standard InChI is InChI=1S/C29H52O3S/c1-24(2)27-18-17-25(3)22-29(27,23-28(31)32)19-13-9-7-5-6-8-10-14-20-33-21-15-11-12-16-26(4)30/h14,20,24-25,27H,5-13,15-19,21-23H2,1-4H3,(H,31,32)/b20-14-/t25-,27+,29+/m0/s1. The highest BCUT2D eigenvalue weighted by molar-refractivity contribution is 8.02. The molecule has 0 aromatic heterocycles. The molecule has 0 radical (unpaired) electrons. The van der Waals surface area contributed by atoms with Crippen molar-refractivity contribution in [3.63, 3.8) is 0 Å². The Morgan fingerprint density at radius 1 is 1.00 bits per heavy atom. The van der Waals surface area contributed by atoms with Crippen LogP contribution in [0.2, 0.25) is 0 Å². The first-order chi connectivity index (χ1) is 15.8. The zero-order chi connectivity index (χ0) is 24.5. The SMILES string of the molecule is CC(=O)CCCCCS/C=C\CCCCCCCC[C@]1(CC(=O)O)C[C@@H](C)CC[C@@H]1C(C)C. The topological polar surface area (TPSA) is 54.4 Å². The number of aliphatic carboxylic acids is 1. The summed E-state index contributed by atoms with van der Waals surface area (Å²) in [4.78, 5) is 22.6. The van der Waals surface area contributed by atoms with Gasteiger partial charge in [0.05, 0.1) is 6.42 Å². The molecular formula is C29H52O3S. The zero-order valence-corrected chi connectivity index (χ0v) is 22.9. The van der Waals surface area contributed by atoms with Gasteiger partial charge in [-0.15, -0.1) is 11.8 Å². The molecule has 4 heteroatoms. The Labute approximate surface area is 209 Å². The molecule has 1 rings (SSSR count). The number of carbonyl (C=O) groups excluding carboxylic acids is 1. The highest BCUT2D eigenvalue weighted by Crippen LogP contribution is 2.52. The van der Waals surface area contributed by atoms with E-state index < -0.39 is 5.97 Å². The lowest BCUT2D eigenvalue weighted by Gasteiger charge is -2.48. The fourth-order valence-corrected chi connectivity index (χ4v) is 6.80. The first kappa shape index (κ1) is 30.3. The summed E-state index contributed by atoms with van der Waals surface area (Å²) in [6.45, 7) is 8.58. The van der Waals surface area contributed by atoms with Crippen molar-refractivity contribution >= 4 is 23.5 Å². The summed E-state index contributed by atoms with van der Waals surface area (Å²) in [5, 5.41) is 11.9. The predicted molar refractivity (Wildman–Crippen MR) is 144 cm³/mol. The van der Waals surface area contributed by atoms with Gasteiger partial charge in [0.2, 0.25) is 0 Å². The Hall–Kier alpha value is -0.770. The molecular weight excluding hydrogens is 428 g/mol. The third-order valence-electron chi connectivity index (χ3n) is 7.60. The minimum absolute atomic E-state index is 0.0214. The van der Waals surface area contributed by atoms with Gasteiger partial charge in [-0.25, -0.2) is 0 Å². The molecule has 3 atom stereocenters. The van der Waals surface area contributed by atoms with E-state index in [9.17, 15) is 14.7 Å². The molecule has 0 unspecified atom stereocenters. The maximum absolute atomic E-state index is 11.7. The van der Waals surface area contributed by atoms with E-state index in [-0.39, 0.29) is 5.41 Å². The summed E-state index contributed by atoms with van der Waals surface area (Å²) in [6.07, 6.45) is 20.2. The summed E-state index contributed by atoms with van der Waals surface area (Å²) < 4.78 is 0. The van der Waals surface area contributed by atoms with Crippen LogP contribution in [-0.2, 0) is 9.59 Å². The van der Waals surface area contributed by atoms with Crippen LogP contribution in [0.15, 0.2) is 11.5 Å². The molecule has 1 aliphatic rings. The highest BCUT2D eigenvalue weighted by Gasteiger charge is 2.44. The molecule has 1 saturated carbocycles. The Morgan fingerprint density at radius 3 is 2.33 bits per heavy atom. The van der Waals surface area contributed by atoms with Crippen LogP contribution in [0.25, 0.3) is 0 Å². The van der Waals surface area contributed by atoms with Crippen molar-refractivity contribution in [1.82, 2.24) is 0 Å². The molecule has 0 aliphatic heterocycles. The van der Waals surface area contributed by atoms with E-state index in [0.717, 1.165) is 37.9 Å². The molecule has 0 amide bonds. The van der Waals surface area contributed by atoms with Crippen LogP contribution in [0.4, 0.5) is 0 Å². The number of hydrogen-bond acceptors (Lipinski definition) is 3. The molecule has 0 saturated heterocycles. The lowest BCUT2D eigenvalue weighted by atomic mass is 9.56. The van der Waals surface area contributed by atoms with Gasteiger partial charge >= 0.3 is 5.97 Å². The van der Waals surface area contributed by atoms with Crippen molar-refractivity contribution in [3.8, 4) is 0 Å². The number of carbonyl (C=O) groups is 2. The van der Waals surface area contributed by atoms with Crippen molar-refractivity contribution in [2.24, 2.45) is 23.2 Å². The van der Waals surface area contributed by atoms with Crippen molar-refractivity contribution < 1.29 is 14.7 Å². The molecule has 33 heavy (non-hydrogen) atoms. The van der Waals surface area contributed by atoms with Gasteiger partial charge in [-0.1, -0.05) is 71.8 Å². The molecule has 0 bridgehead atoms. The van der Waals surface area contributed by atoms with E-state index in [0.29, 0.717) is 30.0 Å². The zero-order valence-electron chi connectivity index (χ0n) is 22.1. The third kappa shape index (κ3) is 13.6. The number of allylic oxidation sites excluding steroid dienone is 1. The van der Waals surface area contributed by atoms with E-state index in [1.165, 1.54) is 64.2 Å². The Balaban J connectivity index is 2.14. The minimum atomic E-state index is -0.603. The maximum atomic E-state index is 11.7. The summed E-state index contributed by atoms with van der Waals surface area (Å²) in [5.74, 6) is 2.67. The van der Waals surface area contributed by atoms with E-state index in [1.54, 1.807) is 6.92 Å². The van der Waals surface area contributed by atoms with Crippen LogP contribution in [-0.4, -0.2) is 22.6 Å². The quantitative estimate of drug-likeness (QED) is 0.187. The minimum Gasteiger partial charge on any atom is -0.481 e. The van der Waals surface area contributed by atoms with Crippen LogP contribution in [0, 0.1) is 23.2 Å². The van der Waals surface area contributed by atoms with E-state index >= 15 is 0 Å². The highest BCUT2D eigenvalue weighted by atomic mass is 32.2. The Morgan fingerprint density at radius 2 is 1.67 bits per heavy atom. The molecule has 1 aliphatic carbocycles. The number of ketones is 1. The van der Waals surface area contributed by atoms with Gasteiger partial charge in [0, 0.05) is 6.42 Å². The first-order valence-corrected chi connectivity index (χ1v) is 14.8. The number of carboxylic acid groups (broad SMARTS) is 1. The van der Waals surface area contributed by atoms with Crippen molar-refractivity contribution in [2.75, 3.05) is 5.75 Å². The van der Waals surface area contributed by atoms with Gasteiger partial charge in [0.15, 0.2) is 0 Å². The predicted octanol–water partition coefficient (Wildman–Crippen LogP) is 9.06. The summed E-state index contributed by atoms with van der Waals surface area (Å²) in [5.41, 5.74) is 0.0214. The number of carboxylic acids is 1. The summed E-state index contributed by atoms with van der Waals surface area (Å²) >= 11 is 1.90. The van der Waals surface area contributed by atoms with Gasteiger partial charge in [0.25, 0.3) is 0 Å². The number of Topliss-reactive ketones (excluding diaryl/α,β-unsaturated/α-hetero) is 1. The van der Waals surface area contributed by atoms with E-state index in [4.69, 9.17) is 0 Å². The normalized spacial score (nSPS) is 23.4. The number of thioether (sulfide) groups is 1. The van der Waals surface area contributed by atoms with Gasteiger partial charge in [-0.05, 0) is 86.2 Å². The van der Waals surface area contributed by atoms with Crippen molar-refractivity contribution in [2.45, 2.75) is 130 Å². The number of unbranched alkanes of at least 4 members (excludes halogenated alkanes) is 8. The van der Waals surface area contributed by atoms with Crippen molar-refractivity contribution in [1.29, 1.82) is 0 Å². The lowest BCUT2D eigenvalue weighted by molar-refractivity contribution is -0.143. The fourth-order valence-electron chi connectivity index (χ4n) is 6.03. The fraction of sp³-hybridized carbons (Fsp3) is 0.862. The van der Waals surface area contributed by atoms with Gasteiger partial charge in [-0.3, -0.25) is 4.79 Å². The van der Waals surface area contributed by atoms with Crippen LogP contribution in [0.5, 0.6) is 0 Å². The van der Waals surface area contributed by atoms with Gasteiger partial charge < -0.3 is 9.90 Å². The smallest absolute Gasteiger partial charge is 0.303 e. The second-order valence-electron chi connectivity index (χ2n) is 11.1. The number of hydrogen-bond donors (Lipinski definition) is 1. The Bertz CT molecular complexity index is 571. The van der Waals surface area contributed by atoms with Gasteiger partial charge in [-0.2, -0.15) is 0 Å². The van der Waals surface area contributed by atoms with Crippen LogP contribution < -0.4 is 0 Å². The van der Waals surface area contributed by atoms with Crippen molar-refractivity contribution in [3.05, 3.63) is 11.5 Å². The average molecular weight is 481 g/mol. The molecule has 0 aromatic rings. The van der Waals surface area contributed by atoms with Crippen LogP contribution >= 0.6 is 11.8 Å². The molecule has 1 fully saturated rings. The van der Waals surface area contributed by atoms with Gasteiger partial charge in [0.1, 0.15) is 5.78 Å². The van der Waals surface area contributed by atoms with Crippen LogP contribution in [0.1, 0.15) is 130 Å². The molecule has 3 nitrogen and oxygen atoms in total. The third-order valence-corrected chi connectivity index (χ3v) is 8.51. The second kappa shape index (κ2) is 17.6. The largest absolute Gasteiger partial charge is 0.481 e. The average Bonchev–Trinajstić information content (AvgIpc) is 2.72. The molecule has 0 heterocycles.